The highest BCUT2D eigenvalue weighted by molar-refractivity contribution is 7.98. The molecule has 0 spiro atoms. The van der Waals surface area contributed by atoms with Gasteiger partial charge in [0.1, 0.15) is 0 Å². The molecule has 0 rings (SSSR count). The van der Waals surface area contributed by atoms with E-state index in [-0.39, 0.29) is 0 Å². The number of nitrogens with zero attached hydrogens (tertiary/aromatic N) is 1. The van der Waals surface area contributed by atoms with Crippen molar-refractivity contribution in [1.82, 2.24) is 0 Å². The Bertz CT molecular complexity index is 143. The van der Waals surface area contributed by atoms with Gasteiger partial charge in [-0.2, -0.15) is 0 Å². The molecular formula is C9H17NOS. The van der Waals surface area contributed by atoms with Crippen LogP contribution < -0.4 is 0 Å². The van der Waals surface area contributed by atoms with Crippen molar-refractivity contribution in [3.05, 3.63) is 0 Å². The van der Waals surface area contributed by atoms with Gasteiger partial charge in [0.2, 0.25) is 6.08 Å². The van der Waals surface area contributed by atoms with Crippen molar-refractivity contribution < 1.29 is 4.79 Å². The van der Waals surface area contributed by atoms with E-state index in [1.54, 1.807) is 6.08 Å². The van der Waals surface area contributed by atoms with Crippen LogP contribution in [0.2, 0.25) is 0 Å². The van der Waals surface area contributed by atoms with E-state index in [0.29, 0.717) is 5.92 Å². The molecule has 12 heavy (non-hydrogen) atoms. The molecule has 70 valence electrons. The van der Waals surface area contributed by atoms with Gasteiger partial charge >= 0.3 is 0 Å². The second-order valence-corrected chi connectivity index (χ2v) is 3.67. The second kappa shape index (κ2) is 8.82. The number of rotatable bonds is 7. The zero-order valence-electron chi connectivity index (χ0n) is 7.88. The van der Waals surface area contributed by atoms with E-state index in [2.05, 4.69) is 18.2 Å². The lowest BCUT2D eigenvalue weighted by atomic mass is 10.0. The summed E-state index contributed by atoms with van der Waals surface area (Å²) < 4.78 is 3.48. The van der Waals surface area contributed by atoms with E-state index in [9.17, 15) is 4.79 Å². The fourth-order valence-electron chi connectivity index (χ4n) is 1.07. The van der Waals surface area contributed by atoms with E-state index < -0.39 is 0 Å². The Balaban J connectivity index is 3.45. The van der Waals surface area contributed by atoms with Gasteiger partial charge in [0, 0.05) is 5.75 Å². The van der Waals surface area contributed by atoms with Crippen LogP contribution in [0.1, 0.15) is 39.5 Å². The van der Waals surface area contributed by atoms with Gasteiger partial charge in [0.15, 0.2) is 0 Å². The standard InChI is InChI=1S/C9H17NOS/c1-3-5-6-9(4-2)7-12-10-8-11/h9H,3-7H2,1-2H3. The third-order valence-corrected chi connectivity index (χ3v) is 2.78. The van der Waals surface area contributed by atoms with Crippen molar-refractivity contribution in [2.45, 2.75) is 39.5 Å². The molecule has 0 aliphatic carbocycles. The lowest BCUT2D eigenvalue weighted by Crippen LogP contribution is -2.01. The summed E-state index contributed by atoms with van der Waals surface area (Å²) in [6.45, 7) is 4.38. The van der Waals surface area contributed by atoms with Crippen molar-refractivity contribution in [3.63, 3.8) is 0 Å². The maximum Gasteiger partial charge on any atom is 0.247 e. The lowest BCUT2D eigenvalue weighted by Gasteiger charge is -2.10. The summed E-state index contributed by atoms with van der Waals surface area (Å²) in [5, 5.41) is 0. The minimum Gasteiger partial charge on any atom is -0.210 e. The minimum absolute atomic E-state index is 0.715. The Hall–Kier alpha value is -0.270. The Morgan fingerprint density at radius 3 is 2.75 bits per heavy atom. The Morgan fingerprint density at radius 2 is 2.25 bits per heavy atom. The van der Waals surface area contributed by atoms with Crippen LogP contribution in [-0.2, 0) is 4.79 Å². The average molecular weight is 187 g/mol. The highest BCUT2D eigenvalue weighted by Crippen LogP contribution is 2.18. The van der Waals surface area contributed by atoms with Crippen LogP contribution in [0.4, 0.5) is 0 Å². The van der Waals surface area contributed by atoms with Gasteiger partial charge in [0.25, 0.3) is 0 Å². The number of hydrogen-bond donors (Lipinski definition) is 0. The maximum absolute atomic E-state index is 9.78. The SMILES string of the molecule is CCCCC(CC)CSN=C=O. The van der Waals surface area contributed by atoms with E-state index >= 15 is 0 Å². The fraction of sp³-hybridized carbons (Fsp3) is 0.889. The first-order valence-electron chi connectivity index (χ1n) is 4.54. The summed E-state index contributed by atoms with van der Waals surface area (Å²) in [5.41, 5.74) is 0. The third-order valence-electron chi connectivity index (χ3n) is 1.96. The van der Waals surface area contributed by atoms with E-state index in [0.717, 1.165) is 5.75 Å². The first-order valence-corrected chi connectivity index (χ1v) is 5.48. The Kier molecular flexibility index (Phi) is 8.62. The Morgan fingerprint density at radius 1 is 1.50 bits per heavy atom. The van der Waals surface area contributed by atoms with Crippen molar-refractivity contribution in [2.75, 3.05) is 5.75 Å². The van der Waals surface area contributed by atoms with Crippen LogP contribution in [-0.4, -0.2) is 11.8 Å². The number of unbranched alkanes of at least 4 members (excludes halogenated alkanes) is 1. The molecular weight excluding hydrogens is 170 g/mol. The van der Waals surface area contributed by atoms with Gasteiger partial charge in [0.05, 0.1) is 0 Å². The second-order valence-electron chi connectivity index (χ2n) is 2.89. The molecule has 0 bridgehead atoms. The molecule has 2 nitrogen and oxygen atoms in total. The van der Waals surface area contributed by atoms with Crippen LogP contribution in [0, 0.1) is 5.92 Å². The molecule has 0 fully saturated rings. The molecule has 0 aromatic rings. The predicted octanol–water partition coefficient (Wildman–Crippen LogP) is 3.19. The third kappa shape index (κ3) is 6.44. The molecule has 0 N–H and O–H groups in total. The molecule has 3 heteroatoms. The van der Waals surface area contributed by atoms with E-state index in [1.807, 2.05) is 0 Å². The quantitative estimate of drug-likeness (QED) is 0.348. The maximum atomic E-state index is 9.78. The molecule has 0 heterocycles. The topological polar surface area (TPSA) is 29.4 Å². The molecule has 0 saturated carbocycles. The molecule has 0 radical (unpaired) electrons. The van der Waals surface area contributed by atoms with Crippen LogP contribution in [0.25, 0.3) is 0 Å². The van der Waals surface area contributed by atoms with Crippen LogP contribution in [0.3, 0.4) is 0 Å². The van der Waals surface area contributed by atoms with Crippen molar-refractivity contribution in [3.8, 4) is 0 Å². The van der Waals surface area contributed by atoms with E-state index in [1.165, 1.54) is 37.6 Å². The summed E-state index contributed by atoms with van der Waals surface area (Å²) in [6, 6.07) is 0. The first-order chi connectivity index (χ1) is 5.85. The zero-order chi connectivity index (χ0) is 9.23. The summed E-state index contributed by atoms with van der Waals surface area (Å²) in [6.07, 6.45) is 6.51. The predicted molar refractivity (Wildman–Crippen MR) is 53.9 cm³/mol. The fourth-order valence-corrected chi connectivity index (χ4v) is 1.81. The number of hydrogen-bond acceptors (Lipinski definition) is 3. The molecule has 0 aromatic carbocycles. The lowest BCUT2D eigenvalue weighted by molar-refractivity contribution is 0.499. The van der Waals surface area contributed by atoms with Crippen LogP contribution >= 0.6 is 11.9 Å². The monoisotopic (exact) mass is 187 g/mol. The molecule has 0 aromatic heterocycles. The summed E-state index contributed by atoms with van der Waals surface area (Å²) >= 11 is 1.34. The Labute approximate surface area is 79.0 Å². The van der Waals surface area contributed by atoms with Gasteiger partial charge < -0.3 is 0 Å². The number of isocyanates is 1. The highest BCUT2D eigenvalue weighted by atomic mass is 32.2. The van der Waals surface area contributed by atoms with E-state index in [4.69, 9.17) is 0 Å². The largest absolute Gasteiger partial charge is 0.247 e. The van der Waals surface area contributed by atoms with Crippen molar-refractivity contribution >= 4 is 18.0 Å². The summed E-state index contributed by atoms with van der Waals surface area (Å²) in [7, 11) is 0. The van der Waals surface area contributed by atoms with Crippen molar-refractivity contribution in [2.24, 2.45) is 10.3 Å². The first kappa shape index (κ1) is 11.7. The summed E-state index contributed by atoms with van der Waals surface area (Å²) in [5.74, 6) is 1.68. The minimum atomic E-state index is 0.715. The van der Waals surface area contributed by atoms with Crippen molar-refractivity contribution in [1.29, 1.82) is 0 Å². The van der Waals surface area contributed by atoms with Crippen LogP contribution in [0.15, 0.2) is 4.40 Å². The van der Waals surface area contributed by atoms with Gasteiger partial charge in [-0.05, 0) is 24.3 Å². The molecule has 0 saturated heterocycles. The zero-order valence-corrected chi connectivity index (χ0v) is 8.69. The van der Waals surface area contributed by atoms with Crippen LogP contribution in [0.5, 0.6) is 0 Å². The molecule has 0 aliphatic rings. The summed E-state index contributed by atoms with van der Waals surface area (Å²) in [4.78, 5) is 9.78. The van der Waals surface area contributed by atoms with Gasteiger partial charge in [-0.3, -0.25) is 0 Å². The molecule has 0 aliphatic heterocycles. The van der Waals surface area contributed by atoms with Gasteiger partial charge in [-0.25, -0.2) is 4.79 Å². The number of carbonyl (C=O) groups excluding carboxylic acids is 1. The molecule has 1 atom stereocenters. The van der Waals surface area contributed by atoms with Gasteiger partial charge in [-0.1, -0.05) is 33.1 Å². The van der Waals surface area contributed by atoms with Gasteiger partial charge in [-0.15, -0.1) is 4.40 Å². The molecule has 0 amide bonds. The highest BCUT2D eigenvalue weighted by Gasteiger charge is 2.04. The molecule has 1 unspecified atom stereocenters. The normalized spacial score (nSPS) is 12.2. The smallest absolute Gasteiger partial charge is 0.210 e. The average Bonchev–Trinajstić information content (AvgIpc) is 2.11.